The van der Waals surface area contributed by atoms with E-state index in [1.807, 2.05) is 18.2 Å². The number of likely N-dealkylation sites (tertiary alicyclic amines) is 1. The van der Waals surface area contributed by atoms with Gasteiger partial charge in [0.1, 0.15) is 11.5 Å². The van der Waals surface area contributed by atoms with Crippen LogP contribution in [0.3, 0.4) is 0 Å². The highest BCUT2D eigenvalue weighted by molar-refractivity contribution is 6.46. The van der Waals surface area contributed by atoms with E-state index in [-0.39, 0.29) is 17.4 Å². The Morgan fingerprint density at radius 3 is 2.21 bits per heavy atom. The van der Waals surface area contributed by atoms with Crippen molar-refractivity contribution in [3.05, 3.63) is 59.2 Å². The summed E-state index contributed by atoms with van der Waals surface area (Å²) in [7, 11) is 4.58. The third kappa shape index (κ3) is 4.03. The normalized spacial score (nSPS) is 20.7. The van der Waals surface area contributed by atoms with Crippen LogP contribution in [0.5, 0.6) is 17.2 Å². The Bertz CT molecular complexity index is 1090. The maximum atomic E-state index is 13.3. The smallest absolute Gasteiger partial charge is 0.295 e. The number of ether oxygens (including phenoxy) is 3. The number of Topliss-reactive ketones (excluding diaryl/α,β-unsaturated/α-hetero) is 1. The summed E-state index contributed by atoms with van der Waals surface area (Å²) in [5.41, 5.74) is 1.10. The number of carbonyl (C=O) groups excluding carboxylic acids is 2. The monoisotopic (exact) mass is 451 g/mol. The first-order chi connectivity index (χ1) is 16.0. The number of methoxy groups -OCH3 is 3. The summed E-state index contributed by atoms with van der Waals surface area (Å²) in [6.45, 7) is 0. The lowest BCUT2D eigenvalue weighted by atomic mass is 9.90. The summed E-state index contributed by atoms with van der Waals surface area (Å²) in [5.74, 6) is -0.0505. The number of ketones is 1. The Balaban J connectivity index is 1.91. The molecule has 1 N–H and O–H groups in total. The molecule has 2 aromatic carbocycles. The molecule has 7 heteroatoms. The van der Waals surface area contributed by atoms with Gasteiger partial charge in [0, 0.05) is 17.2 Å². The Morgan fingerprint density at radius 2 is 1.55 bits per heavy atom. The molecule has 2 aliphatic rings. The second-order valence-corrected chi connectivity index (χ2v) is 8.31. The SMILES string of the molecule is COc1ccc(/C(O)=C2\C(=O)C(=O)N(C3CCCCC3)C2c2ccccc2OC)cc1OC. The van der Waals surface area contributed by atoms with Gasteiger partial charge in [0.05, 0.1) is 32.9 Å². The van der Waals surface area contributed by atoms with Crippen molar-refractivity contribution in [2.75, 3.05) is 21.3 Å². The van der Waals surface area contributed by atoms with E-state index >= 15 is 0 Å². The molecular formula is C26H29NO6. The number of benzene rings is 2. The summed E-state index contributed by atoms with van der Waals surface area (Å²) in [4.78, 5) is 28.3. The van der Waals surface area contributed by atoms with Gasteiger partial charge in [-0.3, -0.25) is 9.59 Å². The molecular weight excluding hydrogens is 422 g/mol. The van der Waals surface area contributed by atoms with Gasteiger partial charge in [-0.15, -0.1) is 0 Å². The lowest BCUT2D eigenvalue weighted by Crippen LogP contribution is -2.40. The topological polar surface area (TPSA) is 85.3 Å². The van der Waals surface area contributed by atoms with Gasteiger partial charge >= 0.3 is 0 Å². The van der Waals surface area contributed by atoms with Gasteiger partial charge in [0.15, 0.2) is 11.5 Å². The molecule has 1 amide bonds. The molecule has 7 nitrogen and oxygen atoms in total. The van der Waals surface area contributed by atoms with Crippen molar-refractivity contribution >= 4 is 17.4 Å². The fourth-order valence-corrected chi connectivity index (χ4v) is 4.92. The number of hydrogen-bond donors (Lipinski definition) is 1. The molecule has 0 bridgehead atoms. The van der Waals surface area contributed by atoms with Crippen molar-refractivity contribution in [2.24, 2.45) is 0 Å². The van der Waals surface area contributed by atoms with E-state index in [1.165, 1.54) is 14.2 Å². The summed E-state index contributed by atoms with van der Waals surface area (Å²) in [6, 6.07) is 11.4. The van der Waals surface area contributed by atoms with Crippen molar-refractivity contribution < 1.29 is 28.9 Å². The highest BCUT2D eigenvalue weighted by Gasteiger charge is 2.49. The molecule has 1 aliphatic heterocycles. The standard InChI is InChI=1S/C26H29NO6/c1-31-19-12-8-7-11-18(19)23-22(24(28)16-13-14-20(32-2)21(15-16)33-3)25(29)26(30)27(23)17-9-5-4-6-10-17/h7-8,11-15,17,23,28H,4-6,9-10H2,1-3H3/b24-22+. The summed E-state index contributed by atoms with van der Waals surface area (Å²) >= 11 is 0. The largest absolute Gasteiger partial charge is 0.507 e. The molecule has 1 saturated carbocycles. The molecule has 1 atom stereocenters. The molecule has 0 aromatic heterocycles. The number of rotatable bonds is 6. The number of carbonyl (C=O) groups is 2. The molecule has 0 spiro atoms. The van der Waals surface area contributed by atoms with Crippen molar-refractivity contribution in [3.8, 4) is 17.2 Å². The van der Waals surface area contributed by atoms with Crippen LogP contribution < -0.4 is 14.2 Å². The van der Waals surface area contributed by atoms with E-state index in [0.717, 1.165) is 32.1 Å². The molecule has 1 heterocycles. The van der Waals surface area contributed by atoms with Gasteiger partial charge in [-0.1, -0.05) is 37.5 Å². The number of amides is 1. The zero-order valence-corrected chi connectivity index (χ0v) is 19.2. The molecule has 2 fully saturated rings. The van der Waals surface area contributed by atoms with Crippen molar-refractivity contribution in [2.45, 2.75) is 44.2 Å². The van der Waals surface area contributed by atoms with Gasteiger partial charge in [0.25, 0.3) is 11.7 Å². The average molecular weight is 452 g/mol. The summed E-state index contributed by atoms with van der Waals surface area (Å²) in [6.07, 6.45) is 4.78. The van der Waals surface area contributed by atoms with E-state index in [0.29, 0.717) is 28.4 Å². The van der Waals surface area contributed by atoms with E-state index in [4.69, 9.17) is 14.2 Å². The fraction of sp³-hybridized carbons (Fsp3) is 0.385. The molecule has 0 radical (unpaired) electrons. The van der Waals surface area contributed by atoms with Crippen LogP contribution in [0, 0.1) is 0 Å². The minimum atomic E-state index is -0.739. The Hall–Kier alpha value is -3.48. The van der Waals surface area contributed by atoms with E-state index in [1.54, 1.807) is 36.3 Å². The first-order valence-electron chi connectivity index (χ1n) is 11.2. The quantitative estimate of drug-likeness (QED) is 0.396. The van der Waals surface area contributed by atoms with Crippen LogP contribution in [0.4, 0.5) is 0 Å². The van der Waals surface area contributed by atoms with Crippen molar-refractivity contribution in [3.63, 3.8) is 0 Å². The number of nitrogens with zero attached hydrogens (tertiary/aromatic N) is 1. The molecule has 33 heavy (non-hydrogen) atoms. The van der Waals surface area contributed by atoms with Crippen LogP contribution in [0.15, 0.2) is 48.0 Å². The first-order valence-corrected chi connectivity index (χ1v) is 11.2. The second kappa shape index (κ2) is 9.57. The van der Waals surface area contributed by atoms with Crippen LogP contribution >= 0.6 is 0 Å². The zero-order chi connectivity index (χ0) is 23.5. The average Bonchev–Trinajstić information content (AvgIpc) is 3.13. The van der Waals surface area contributed by atoms with Crippen molar-refractivity contribution in [1.82, 2.24) is 4.90 Å². The summed E-state index contributed by atoms with van der Waals surface area (Å²) < 4.78 is 16.2. The van der Waals surface area contributed by atoms with Crippen LogP contribution in [0.25, 0.3) is 5.76 Å². The van der Waals surface area contributed by atoms with Crippen LogP contribution in [0.2, 0.25) is 0 Å². The molecule has 1 saturated heterocycles. The van der Waals surface area contributed by atoms with E-state index in [9.17, 15) is 14.7 Å². The van der Waals surface area contributed by atoms with E-state index in [2.05, 4.69) is 0 Å². The lowest BCUT2D eigenvalue weighted by molar-refractivity contribution is -0.141. The second-order valence-electron chi connectivity index (χ2n) is 8.31. The predicted molar refractivity (Wildman–Crippen MR) is 124 cm³/mol. The fourth-order valence-electron chi connectivity index (χ4n) is 4.92. The lowest BCUT2D eigenvalue weighted by Gasteiger charge is -2.35. The summed E-state index contributed by atoms with van der Waals surface area (Å²) in [5, 5.41) is 11.3. The van der Waals surface area contributed by atoms with Gasteiger partial charge in [-0.05, 0) is 37.1 Å². The van der Waals surface area contributed by atoms with Gasteiger partial charge in [0.2, 0.25) is 0 Å². The Labute approximate surface area is 193 Å². The number of aliphatic hydroxyl groups is 1. The zero-order valence-electron chi connectivity index (χ0n) is 19.2. The predicted octanol–water partition coefficient (Wildman–Crippen LogP) is 4.47. The third-order valence-corrected chi connectivity index (χ3v) is 6.54. The van der Waals surface area contributed by atoms with Crippen molar-refractivity contribution in [1.29, 1.82) is 0 Å². The van der Waals surface area contributed by atoms with Crippen LogP contribution in [0.1, 0.15) is 49.3 Å². The van der Waals surface area contributed by atoms with Crippen LogP contribution in [-0.2, 0) is 9.59 Å². The first kappa shape index (κ1) is 22.7. The van der Waals surface area contributed by atoms with Gasteiger partial charge in [-0.2, -0.15) is 0 Å². The molecule has 174 valence electrons. The molecule has 1 aliphatic carbocycles. The minimum Gasteiger partial charge on any atom is -0.507 e. The van der Waals surface area contributed by atoms with Gasteiger partial charge < -0.3 is 24.2 Å². The minimum absolute atomic E-state index is 0.0577. The molecule has 1 unspecified atom stereocenters. The molecule has 2 aromatic rings. The number of hydrogen-bond acceptors (Lipinski definition) is 6. The van der Waals surface area contributed by atoms with Gasteiger partial charge in [-0.25, -0.2) is 0 Å². The third-order valence-electron chi connectivity index (χ3n) is 6.54. The Morgan fingerprint density at radius 1 is 0.879 bits per heavy atom. The maximum absolute atomic E-state index is 13.3. The number of aliphatic hydroxyl groups excluding tert-OH is 1. The maximum Gasteiger partial charge on any atom is 0.295 e. The highest BCUT2D eigenvalue weighted by atomic mass is 16.5. The van der Waals surface area contributed by atoms with Crippen LogP contribution in [-0.4, -0.2) is 49.1 Å². The Kier molecular flexibility index (Phi) is 6.58. The number of para-hydroxylation sites is 1. The highest BCUT2D eigenvalue weighted by Crippen LogP contribution is 2.46. The van der Waals surface area contributed by atoms with E-state index < -0.39 is 17.7 Å². The molecule has 4 rings (SSSR count).